The zero-order valence-corrected chi connectivity index (χ0v) is 9.30. The van der Waals surface area contributed by atoms with Gasteiger partial charge in [-0.2, -0.15) is 0 Å². The molecule has 5 heteroatoms. The SMILES string of the molecule is O=C(NC1CCNCC1)c1cc(F)cc(F)c1. The minimum atomic E-state index is -0.736. The third-order valence-electron chi connectivity index (χ3n) is 2.80. The molecule has 1 amide bonds. The van der Waals surface area contributed by atoms with E-state index in [4.69, 9.17) is 0 Å². The number of carbonyl (C=O) groups excluding carboxylic acids is 1. The Balaban J connectivity index is 2.03. The molecule has 92 valence electrons. The number of piperidine rings is 1. The highest BCUT2D eigenvalue weighted by atomic mass is 19.1. The standard InChI is InChI=1S/C12H14F2N2O/c13-9-5-8(6-10(14)7-9)12(17)16-11-1-3-15-4-2-11/h5-7,11,15H,1-4H2,(H,16,17). The zero-order valence-electron chi connectivity index (χ0n) is 9.30. The number of carbonyl (C=O) groups is 1. The average molecular weight is 240 g/mol. The van der Waals surface area contributed by atoms with Gasteiger partial charge in [0.1, 0.15) is 11.6 Å². The van der Waals surface area contributed by atoms with Gasteiger partial charge < -0.3 is 10.6 Å². The van der Waals surface area contributed by atoms with E-state index in [1.807, 2.05) is 0 Å². The Morgan fingerprint density at radius 2 is 1.76 bits per heavy atom. The quantitative estimate of drug-likeness (QED) is 0.821. The predicted octanol–water partition coefficient (Wildman–Crippen LogP) is 1.45. The van der Waals surface area contributed by atoms with Gasteiger partial charge in [0, 0.05) is 17.7 Å². The lowest BCUT2D eigenvalue weighted by atomic mass is 10.1. The summed E-state index contributed by atoms with van der Waals surface area (Å²) in [6.07, 6.45) is 1.67. The number of hydrogen-bond donors (Lipinski definition) is 2. The van der Waals surface area contributed by atoms with Crippen LogP contribution in [0, 0.1) is 11.6 Å². The van der Waals surface area contributed by atoms with Crippen LogP contribution < -0.4 is 10.6 Å². The van der Waals surface area contributed by atoms with E-state index in [2.05, 4.69) is 10.6 Å². The lowest BCUT2D eigenvalue weighted by Crippen LogP contribution is -2.42. The minimum absolute atomic E-state index is 0.0287. The molecule has 1 fully saturated rings. The molecule has 1 aromatic carbocycles. The lowest BCUT2D eigenvalue weighted by molar-refractivity contribution is 0.0928. The molecular formula is C12H14F2N2O. The van der Waals surface area contributed by atoms with Gasteiger partial charge in [0.25, 0.3) is 5.91 Å². The van der Waals surface area contributed by atoms with Crippen LogP contribution in [0.15, 0.2) is 18.2 Å². The van der Waals surface area contributed by atoms with Crippen molar-refractivity contribution in [3.63, 3.8) is 0 Å². The highest BCUT2D eigenvalue weighted by Crippen LogP contribution is 2.09. The van der Waals surface area contributed by atoms with Crippen LogP contribution in [0.5, 0.6) is 0 Å². The van der Waals surface area contributed by atoms with Crippen molar-refractivity contribution in [3.8, 4) is 0 Å². The van der Waals surface area contributed by atoms with Crippen LogP contribution in [0.4, 0.5) is 8.78 Å². The van der Waals surface area contributed by atoms with Crippen LogP contribution in [0.2, 0.25) is 0 Å². The second-order valence-corrected chi connectivity index (χ2v) is 4.16. The Morgan fingerprint density at radius 3 is 2.35 bits per heavy atom. The molecule has 0 bridgehead atoms. The van der Waals surface area contributed by atoms with E-state index in [1.54, 1.807) is 0 Å². The van der Waals surface area contributed by atoms with E-state index in [0.29, 0.717) is 0 Å². The van der Waals surface area contributed by atoms with E-state index in [0.717, 1.165) is 44.1 Å². The largest absolute Gasteiger partial charge is 0.349 e. The zero-order chi connectivity index (χ0) is 12.3. The monoisotopic (exact) mass is 240 g/mol. The van der Waals surface area contributed by atoms with Crippen LogP contribution in [0.25, 0.3) is 0 Å². The van der Waals surface area contributed by atoms with Crippen molar-refractivity contribution < 1.29 is 13.6 Å². The number of nitrogens with one attached hydrogen (secondary N) is 2. The summed E-state index contributed by atoms with van der Waals surface area (Å²) in [6.45, 7) is 1.70. The van der Waals surface area contributed by atoms with E-state index >= 15 is 0 Å². The van der Waals surface area contributed by atoms with Gasteiger partial charge in [-0.05, 0) is 38.1 Å². The topological polar surface area (TPSA) is 41.1 Å². The molecule has 17 heavy (non-hydrogen) atoms. The van der Waals surface area contributed by atoms with Crippen LogP contribution in [0.1, 0.15) is 23.2 Å². The first-order chi connectivity index (χ1) is 8.15. The maximum atomic E-state index is 12.9. The van der Waals surface area contributed by atoms with Crippen LogP contribution in [0.3, 0.4) is 0 Å². The fraction of sp³-hybridized carbons (Fsp3) is 0.417. The second-order valence-electron chi connectivity index (χ2n) is 4.16. The fourth-order valence-corrected chi connectivity index (χ4v) is 1.92. The van der Waals surface area contributed by atoms with Crippen molar-refractivity contribution in [2.75, 3.05) is 13.1 Å². The molecule has 0 spiro atoms. The Kier molecular flexibility index (Phi) is 3.68. The Morgan fingerprint density at radius 1 is 1.18 bits per heavy atom. The number of rotatable bonds is 2. The summed E-state index contributed by atoms with van der Waals surface area (Å²) < 4.78 is 25.9. The molecule has 2 N–H and O–H groups in total. The number of hydrogen-bond acceptors (Lipinski definition) is 2. The van der Waals surface area contributed by atoms with E-state index in [-0.39, 0.29) is 11.6 Å². The maximum absolute atomic E-state index is 12.9. The summed E-state index contributed by atoms with van der Waals surface area (Å²) >= 11 is 0. The molecule has 0 atom stereocenters. The van der Waals surface area contributed by atoms with Gasteiger partial charge in [-0.1, -0.05) is 0 Å². The first-order valence-corrected chi connectivity index (χ1v) is 5.63. The Hall–Kier alpha value is -1.49. The molecule has 1 heterocycles. The van der Waals surface area contributed by atoms with Crippen LogP contribution >= 0.6 is 0 Å². The normalized spacial score (nSPS) is 16.8. The number of benzene rings is 1. The van der Waals surface area contributed by atoms with Crippen molar-refractivity contribution in [1.82, 2.24) is 10.6 Å². The Bertz CT molecular complexity index is 397. The minimum Gasteiger partial charge on any atom is -0.349 e. The van der Waals surface area contributed by atoms with Gasteiger partial charge >= 0.3 is 0 Å². The van der Waals surface area contributed by atoms with Crippen molar-refractivity contribution in [2.24, 2.45) is 0 Å². The number of amides is 1. The van der Waals surface area contributed by atoms with Gasteiger partial charge in [-0.15, -0.1) is 0 Å². The second kappa shape index (κ2) is 5.23. The summed E-state index contributed by atoms with van der Waals surface area (Å²) in [6, 6.07) is 2.91. The third-order valence-corrected chi connectivity index (χ3v) is 2.80. The predicted molar refractivity (Wildman–Crippen MR) is 59.7 cm³/mol. The highest BCUT2D eigenvalue weighted by molar-refractivity contribution is 5.94. The van der Waals surface area contributed by atoms with Crippen molar-refractivity contribution in [2.45, 2.75) is 18.9 Å². The first-order valence-electron chi connectivity index (χ1n) is 5.63. The molecule has 1 aliphatic heterocycles. The Labute approximate surface area is 98.2 Å². The summed E-state index contributed by atoms with van der Waals surface area (Å²) in [4.78, 5) is 11.8. The molecule has 1 saturated heterocycles. The van der Waals surface area contributed by atoms with E-state index in [9.17, 15) is 13.6 Å². The van der Waals surface area contributed by atoms with Crippen LogP contribution in [-0.4, -0.2) is 25.0 Å². The van der Waals surface area contributed by atoms with E-state index in [1.165, 1.54) is 0 Å². The van der Waals surface area contributed by atoms with E-state index < -0.39 is 17.5 Å². The van der Waals surface area contributed by atoms with Gasteiger partial charge in [0.2, 0.25) is 0 Å². The van der Waals surface area contributed by atoms with Crippen LogP contribution in [-0.2, 0) is 0 Å². The average Bonchev–Trinajstić information content (AvgIpc) is 2.29. The van der Waals surface area contributed by atoms with Gasteiger partial charge in [-0.3, -0.25) is 4.79 Å². The van der Waals surface area contributed by atoms with Crippen molar-refractivity contribution in [1.29, 1.82) is 0 Å². The molecule has 0 aliphatic carbocycles. The molecule has 2 rings (SSSR count). The third kappa shape index (κ3) is 3.23. The van der Waals surface area contributed by atoms with Crippen molar-refractivity contribution in [3.05, 3.63) is 35.4 Å². The molecule has 1 aliphatic rings. The molecule has 1 aromatic rings. The number of halogens is 2. The summed E-state index contributed by atoms with van der Waals surface area (Å²) in [5.74, 6) is -1.89. The maximum Gasteiger partial charge on any atom is 0.251 e. The van der Waals surface area contributed by atoms with Gasteiger partial charge in [-0.25, -0.2) is 8.78 Å². The molecular weight excluding hydrogens is 226 g/mol. The van der Waals surface area contributed by atoms with Gasteiger partial charge in [0.15, 0.2) is 0 Å². The summed E-state index contributed by atoms with van der Waals surface area (Å²) in [5.41, 5.74) is 0.0287. The highest BCUT2D eigenvalue weighted by Gasteiger charge is 2.17. The van der Waals surface area contributed by atoms with Gasteiger partial charge in [0.05, 0.1) is 0 Å². The first kappa shape index (κ1) is 12.0. The molecule has 0 unspecified atom stereocenters. The molecule has 0 aromatic heterocycles. The fourth-order valence-electron chi connectivity index (χ4n) is 1.92. The summed E-state index contributed by atoms with van der Waals surface area (Å²) in [7, 11) is 0. The smallest absolute Gasteiger partial charge is 0.251 e. The van der Waals surface area contributed by atoms with Crippen molar-refractivity contribution >= 4 is 5.91 Å². The summed E-state index contributed by atoms with van der Waals surface area (Å²) in [5, 5.41) is 5.95. The molecule has 0 saturated carbocycles. The lowest BCUT2D eigenvalue weighted by Gasteiger charge is -2.23. The molecule has 3 nitrogen and oxygen atoms in total. The molecule has 0 radical (unpaired) electrons.